The first kappa shape index (κ1) is 11.8. The Morgan fingerprint density at radius 3 is 2.06 bits per heavy atom. The molecule has 0 unspecified atom stereocenters. The van der Waals surface area contributed by atoms with Crippen LogP contribution in [0.5, 0.6) is 5.75 Å². The van der Waals surface area contributed by atoms with Crippen molar-refractivity contribution in [1.29, 1.82) is 5.41 Å². The third kappa shape index (κ3) is 2.38. The highest BCUT2D eigenvalue weighted by Crippen LogP contribution is 2.19. The quantitative estimate of drug-likeness (QED) is 0.355. The van der Waals surface area contributed by atoms with Crippen molar-refractivity contribution >= 4 is 17.4 Å². The third-order valence-corrected chi connectivity index (χ3v) is 1.97. The number of carbonyl (C=O) groups is 1. The molecule has 84 valence electrons. The van der Waals surface area contributed by atoms with Gasteiger partial charge in [-0.05, 0) is 31.2 Å². The average Bonchev–Trinajstić information content (AvgIpc) is 2.17. The Labute approximate surface area is 91.8 Å². The maximum absolute atomic E-state index is 10.8. The van der Waals surface area contributed by atoms with Crippen molar-refractivity contribution in [2.45, 2.75) is 6.92 Å². The average molecular weight is 221 g/mol. The van der Waals surface area contributed by atoms with Crippen LogP contribution in [0.4, 0.5) is 0 Å². The Hall–Kier alpha value is -2.30. The number of aliphatic hydroxyl groups excluding tert-OH is 1. The summed E-state index contributed by atoms with van der Waals surface area (Å²) in [5.41, 5.74) is -0.453. The van der Waals surface area contributed by atoms with Gasteiger partial charge in [0.05, 0.1) is 0 Å². The lowest BCUT2D eigenvalue weighted by atomic mass is 10.1. The number of carboxylic acid groups (broad SMARTS) is 1. The molecule has 1 rings (SSSR count). The number of hydrogen-bond acceptors (Lipinski definition) is 4. The maximum Gasteiger partial charge on any atom is 0.341 e. The number of phenolic OH excluding ortho intramolecular Hbond substituents is 1. The van der Waals surface area contributed by atoms with Gasteiger partial charge in [0.1, 0.15) is 17.1 Å². The fraction of sp³-hybridized carbons (Fsp3) is 0.0909. The van der Waals surface area contributed by atoms with Crippen LogP contribution in [0.2, 0.25) is 0 Å². The van der Waals surface area contributed by atoms with Crippen LogP contribution in [0, 0.1) is 5.41 Å². The molecule has 0 radical (unpaired) electrons. The predicted octanol–water partition coefficient (Wildman–Crippen LogP) is 1.79. The summed E-state index contributed by atoms with van der Waals surface area (Å²) in [5.74, 6) is -1.84. The number of nitrogens with one attached hydrogen (secondary N) is 1. The molecule has 16 heavy (non-hydrogen) atoms. The van der Waals surface area contributed by atoms with E-state index in [9.17, 15) is 9.90 Å². The van der Waals surface area contributed by atoms with Crippen LogP contribution in [-0.4, -0.2) is 27.0 Å². The van der Waals surface area contributed by atoms with E-state index in [4.69, 9.17) is 15.6 Å². The summed E-state index contributed by atoms with van der Waals surface area (Å²) in [6.45, 7) is 1.28. The highest BCUT2D eigenvalue weighted by Gasteiger charge is 2.17. The second kappa shape index (κ2) is 4.48. The van der Waals surface area contributed by atoms with E-state index in [0.29, 0.717) is 0 Å². The van der Waals surface area contributed by atoms with Crippen molar-refractivity contribution in [2.75, 3.05) is 0 Å². The van der Waals surface area contributed by atoms with E-state index in [1.54, 1.807) is 0 Å². The second-order valence-corrected chi connectivity index (χ2v) is 3.20. The van der Waals surface area contributed by atoms with Gasteiger partial charge < -0.3 is 20.7 Å². The lowest BCUT2D eigenvalue weighted by Gasteiger charge is -2.05. The van der Waals surface area contributed by atoms with Gasteiger partial charge in [-0.2, -0.15) is 0 Å². The molecular formula is C11H11NO4. The molecule has 4 N–H and O–H groups in total. The minimum absolute atomic E-state index is 0.0139. The first-order valence-corrected chi connectivity index (χ1v) is 4.45. The molecule has 0 spiro atoms. The monoisotopic (exact) mass is 221 g/mol. The van der Waals surface area contributed by atoms with Crippen LogP contribution in [-0.2, 0) is 4.79 Å². The maximum atomic E-state index is 10.8. The molecule has 0 fully saturated rings. The lowest BCUT2D eigenvalue weighted by Crippen LogP contribution is -2.11. The molecular weight excluding hydrogens is 210 g/mol. The highest BCUT2D eigenvalue weighted by atomic mass is 16.4. The molecule has 1 aromatic rings. The minimum atomic E-state index is -1.36. The molecule has 0 aliphatic carbocycles. The van der Waals surface area contributed by atoms with E-state index in [-0.39, 0.29) is 17.0 Å². The molecule has 0 aliphatic rings. The summed E-state index contributed by atoms with van der Waals surface area (Å²) in [6.07, 6.45) is 0. The molecule has 5 heteroatoms. The van der Waals surface area contributed by atoms with Crippen LogP contribution in [0.15, 0.2) is 29.8 Å². The molecule has 0 saturated heterocycles. The van der Waals surface area contributed by atoms with E-state index < -0.39 is 17.3 Å². The van der Waals surface area contributed by atoms with Gasteiger partial charge in [0.2, 0.25) is 0 Å². The predicted molar refractivity (Wildman–Crippen MR) is 58.7 cm³/mol. The summed E-state index contributed by atoms with van der Waals surface area (Å²) in [7, 11) is 0. The smallest absolute Gasteiger partial charge is 0.341 e. The van der Waals surface area contributed by atoms with Crippen molar-refractivity contribution in [2.24, 2.45) is 0 Å². The van der Waals surface area contributed by atoms with Gasteiger partial charge in [-0.15, -0.1) is 0 Å². The summed E-state index contributed by atoms with van der Waals surface area (Å²) >= 11 is 0. The van der Waals surface area contributed by atoms with E-state index in [0.717, 1.165) is 0 Å². The number of carboxylic acids is 1. The van der Waals surface area contributed by atoms with Crippen molar-refractivity contribution < 1.29 is 20.1 Å². The van der Waals surface area contributed by atoms with Gasteiger partial charge in [-0.25, -0.2) is 4.79 Å². The van der Waals surface area contributed by atoms with Crippen molar-refractivity contribution in [3.8, 4) is 5.75 Å². The number of hydrogen-bond donors (Lipinski definition) is 4. The molecule has 0 aromatic heterocycles. The van der Waals surface area contributed by atoms with E-state index in [2.05, 4.69) is 0 Å². The molecule has 5 nitrogen and oxygen atoms in total. The van der Waals surface area contributed by atoms with E-state index in [1.165, 1.54) is 31.2 Å². The Kier molecular flexibility index (Phi) is 3.30. The molecule has 0 aliphatic heterocycles. The lowest BCUT2D eigenvalue weighted by molar-refractivity contribution is -0.132. The van der Waals surface area contributed by atoms with Gasteiger partial charge in [-0.1, -0.05) is 0 Å². The van der Waals surface area contributed by atoms with Gasteiger partial charge in [0, 0.05) is 11.3 Å². The molecule has 1 aromatic carbocycles. The highest BCUT2D eigenvalue weighted by molar-refractivity contribution is 6.21. The topological polar surface area (TPSA) is 102 Å². The van der Waals surface area contributed by atoms with Crippen LogP contribution < -0.4 is 0 Å². The molecule has 0 saturated carbocycles. The van der Waals surface area contributed by atoms with Crippen LogP contribution in [0.25, 0.3) is 5.76 Å². The van der Waals surface area contributed by atoms with Crippen molar-refractivity contribution in [3.05, 3.63) is 35.4 Å². The van der Waals surface area contributed by atoms with Gasteiger partial charge in [0.25, 0.3) is 0 Å². The Morgan fingerprint density at radius 2 is 1.69 bits per heavy atom. The Bertz CT molecular complexity index is 443. The number of phenols is 1. The van der Waals surface area contributed by atoms with Gasteiger partial charge in [-0.3, -0.25) is 0 Å². The first-order chi connectivity index (χ1) is 7.43. The number of benzene rings is 1. The molecule has 0 atom stereocenters. The standard InChI is InChI=1S/C11H11NO4/c1-6(12)9(11(15)16)10(14)7-2-4-8(13)5-3-7/h2-5,12-14H,1H3,(H,15,16)/b10-9+,12-6?. The molecule has 0 amide bonds. The van der Waals surface area contributed by atoms with E-state index >= 15 is 0 Å². The summed E-state index contributed by atoms with van der Waals surface area (Å²) in [4.78, 5) is 10.8. The summed E-state index contributed by atoms with van der Waals surface area (Å²) < 4.78 is 0. The number of aliphatic carboxylic acids is 1. The minimum Gasteiger partial charge on any atom is -0.508 e. The van der Waals surface area contributed by atoms with Crippen molar-refractivity contribution in [3.63, 3.8) is 0 Å². The molecule has 0 bridgehead atoms. The second-order valence-electron chi connectivity index (χ2n) is 3.20. The first-order valence-electron chi connectivity index (χ1n) is 4.45. The van der Waals surface area contributed by atoms with Gasteiger partial charge in [0.15, 0.2) is 0 Å². The summed E-state index contributed by atoms with van der Waals surface area (Å²) in [6, 6.07) is 5.39. The fourth-order valence-corrected chi connectivity index (χ4v) is 1.20. The zero-order valence-corrected chi connectivity index (χ0v) is 8.56. The Balaban J connectivity index is 3.29. The van der Waals surface area contributed by atoms with Crippen molar-refractivity contribution in [1.82, 2.24) is 0 Å². The zero-order chi connectivity index (χ0) is 12.3. The number of aromatic hydroxyl groups is 1. The van der Waals surface area contributed by atoms with Crippen LogP contribution in [0.1, 0.15) is 12.5 Å². The SMILES string of the molecule is CC(=N)/C(C(=O)O)=C(\O)c1ccc(O)cc1. The van der Waals surface area contributed by atoms with Crippen LogP contribution >= 0.6 is 0 Å². The number of rotatable bonds is 3. The molecule has 0 heterocycles. The largest absolute Gasteiger partial charge is 0.508 e. The summed E-state index contributed by atoms with van der Waals surface area (Å²) in [5, 5.41) is 34.8. The van der Waals surface area contributed by atoms with Crippen LogP contribution in [0.3, 0.4) is 0 Å². The fourth-order valence-electron chi connectivity index (χ4n) is 1.20. The number of aliphatic hydroxyl groups is 1. The third-order valence-electron chi connectivity index (χ3n) is 1.97. The zero-order valence-electron chi connectivity index (χ0n) is 8.56. The van der Waals surface area contributed by atoms with Gasteiger partial charge >= 0.3 is 5.97 Å². The van der Waals surface area contributed by atoms with E-state index in [1.807, 2.05) is 0 Å². The normalized spacial score (nSPS) is 11.8. The Morgan fingerprint density at radius 1 is 1.19 bits per heavy atom.